The van der Waals surface area contributed by atoms with Crippen molar-refractivity contribution in [2.45, 2.75) is 55.8 Å². The molecular weight excluding hydrogens is 588 g/mol. The number of hydrogen-bond donors (Lipinski definition) is 3. The average Bonchev–Trinajstić information content (AvgIpc) is 3.01. The lowest BCUT2D eigenvalue weighted by atomic mass is 10.1. The first-order valence-corrected chi connectivity index (χ1v) is 15.4. The molecule has 3 unspecified atom stereocenters. The molecule has 1 aromatic heterocycles. The lowest BCUT2D eigenvalue weighted by molar-refractivity contribution is -0.385. The van der Waals surface area contributed by atoms with Crippen LogP contribution in [0.3, 0.4) is 0 Å². The molecule has 0 fully saturated rings. The molecule has 42 heavy (non-hydrogen) atoms. The van der Waals surface area contributed by atoms with Gasteiger partial charge in [0.15, 0.2) is 6.29 Å². The molecular formula is C27H36N4O9S2. The van der Waals surface area contributed by atoms with Crippen molar-refractivity contribution in [1.29, 1.82) is 0 Å². The van der Waals surface area contributed by atoms with Gasteiger partial charge < -0.3 is 30.0 Å². The second-order valence-electron chi connectivity index (χ2n) is 8.86. The van der Waals surface area contributed by atoms with Crippen LogP contribution >= 0.6 is 21.6 Å². The summed E-state index contributed by atoms with van der Waals surface area (Å²) in [4.78, 5) is 50.8. The fourth-order valence-corrected chi connectivity index (χ4v) is 5.38. The number of rotatable bonds is 19. The molecule has 0 aliphatic carbocycles. The van der Waals surface area contributed by atoms with Crippen LogP contribution in [0.2, 0.25) is 0 Å². The minimum absolute atomic E-state index is 0.0137. The van der Waals surface area contributed by atoms with E-state index in [2.05, 4.69) is 15.6 Å². The number of esters is 1. The highest BCUT2D eigenvalue weighted by molar-refractivity contribution is 8.76. The molecule has 0 bridgehead atoms. The van der Waals surface area contributed by atoms with Gasteiger partial charge in [-0.3, -0.25) is 24.5 Å². The van der Waals surface area contributed by atoms with Gasteiger partial charge in [0, 0.05) is 43.5 Å². The number of aliphatic hydroxyl groups is 1. The topological polar surface area (TPSA) is 179 Å². The van der Waals surface area contributed by atoms with Gasteiger partial charge in [-0.2, -0.15) is 0 Å². The summed E-state index contributed by atoms with van der Waals surface area (Å²) in [5.41, 5.74) is 1.41. The summed E-state index contributed by atoms with van der Waals surface area (Å²) >= 11 is 0. The molecule has 15 heteroatoms. The van der Waals surface area contributed by atoms with E-state index in [4.69, 9.17) is 19.3 Å². The summed E-state index contributed by atoms with van der Waals surface area (Å²) in [6.07, 6.45) is 0.375. The highest BCUT2D eigenvalue weighted by atomic mass is 33.1. The maximum atomic E-state index is 12.4. The number of aliphatic hydroxyl groups excluding tert-OH is 1. The Kier molecular flexibility index (Phi) is 15.9. The van der Waals surface area contributed by atoms with Gasteiger partial charge in [-0.1, -0.05) is 29.9 Å². The number of benzene rings is 1. The fourth-order valence-electron chi connectivity index (χ4n) is 3.30. The lowest BCUT2D eigenvalue weighted by Crippen LogP contribution is -2.35. The Bertz CT molecular complexity index is 1150. The van der Waals surface area contributed by atoms with Gasteiger partial charge >= 0.3 is 5.97 Å². The molecule has 0 radical (unpaired) electrons. The predicted octanol–water partition coefficient (Wildman–Crippen LogP) is 3.42. The van der Waals surface area contributed by atoms with Crippen molar-refractivity contribution >= 4 is 45.1 Å². The third-order valence-electron chi connectivity index (χ3n) is 5.78. The molecule has 0 saturated heterocycles. The molecule has 230 valence electrons. The number of methoxy groups -OCH3 is 1. The minimum atomic E-state index is -0.799. The molecule has 0 saturated carbocycles. The van der Waals surface area contributed by atoms with Crippen molar-refractivity contribution in [2.75, 3.05) is 33.4 Å². The largest absolute Gasteiger partial charge is 0.463 e. The summed E-state index contributed by atoms with van der Waals surface area (Å²) in [6.45, 7) is 3.93. The maximum Gasteiger partial charge on any atom is 0.306 e. The third kappa shape index (κ3) is 12.7. The number of amides is 2. The van der Waals surface area contributed by atoms with E-state index in [1.54, 1.807) is 29.0 Å². The van der Waals surface area contributed by atoms with E-state index in [9.17, 15) is 24.5 Å². The molecule has 3 atom stereocenters. The normalized spacial score (nSPS) is 13.0. The Morgan fingerprint density at radius 1 is 1.10 bits per heavy atom. The summed E-state index contributed by atoms with van der Waals surface area (Å²) < 4.78 is 15.5. The number of hydrogen-bond acceptors (Lipinski definition) is 12. The molecule has 0 spiro atoms. The van der Waals surface area contributed by atoms with Crippen LogP contribution in [-0.4, -0.2) is 78.6 Å². The van der Waals surface area contributed by atoms with Crippen molar-refractivity contribution in [2.24, 2.45) is 0 Å². The number of pyridine rings is 1. The van der Waals surface area contributed by atoms with Crippen LogP contribution in [0.15, 0.2) is 47.6 Å². The zero-order valence-electron chi connectivity index (χ0n) is 23.6. The summed E-state index contributed by atoms with van der Waals surface area (Å²) in [6, 6.07) is 10.2. The van der Waals surface area contributed by atoms with Gasteiger partial charge in [0.25, 0.3) is 11.6 Å². The van der Waals surface area contributed by atoms with Crippen molar-refractivity contribution in [3.8, 4) is 0 Å². The van der Waals surface area contributed by atoms with E-state index >= 15 is 0 Å². The highest BCUT2D eigenvalue weighted by Gasteiger charge is 2.17. The second-order valence-corrected chi connectivity index (χ2v) is 11.4. The van der Waals surface area contributed by atoms with Crippen LogP contribution < -0.4 is 10.6 Å². The van der Waals surface area contributed by atoms with Crippen molar-refractivity contribution in [3.63, 3.8) is 0 Å². The Balaban J connectivity index is 1.63. The molecule has 2 rings (SSSR count). The van der Waals surface area contributed by atoms with Crippen LogP contribution in [0.4, 0.5) is 5.69 Å². The molecule has 0 aliphatic rings. The lowest BCUT2D eigenvalue weighted by Gasteiger charge is -2.21. The van der Waals surface area contributed by atoms with E-state index in [1.807, 2.05) is 26.0 Å². The first-order chi connectivity index (χ1) is 20.2. The monoisotopic (exact) mass is 624 g/mol. The van der Waals surface area contributed by atoms with Crippen molar-refractivity contribution in [1.82, 2.24) is 15.6 Å². The van der Waals surface area contributed by atoms with E-state index in [0.29, 0.717) is 17.0 Å². The molecule has 1 aromatic carbocycles. The maximum absolute atomic E-state index is 12.4. The Labute approximate surface area is 252 Å². The Morgan fingerprint density at radius 3 is 2.40 bits per heavy atom. The zero-order chi connectivity index (χ0) is 30.9. The number of carbonyl (C=O) groups excluding carboxylic acids is 3. The van der Waals surface area contributed by atoms with Gasteiger partial charge in [-0.25, -0.2) is 4.98 Å². The van der Waals surface area contributed by atoms with E-state index in [-0.39, 0.29) is 61.9 Å². The highest BCUT2D eigenvalue weighted by Crippen LogP contribution is 2.41. The number of nitro groups is 1. The van der Waals surface area contributed by atoms with E-state index < -0.39 is 23.3 Å². The number of ether oxygens (including phenoxy) is 3. The predicted molar refractivity (Wildman–Crippen MR) is 158 cm³/mol. The van der Waals surface area contributed by atoms with E-state index in [1.165, 1.54) is 30.2 Å². The number of nitrogens with one attached hydrogen (secondary N) is 2. The van der Waals surface area contributed by atoms with Crippen LogP contribution in [0.1, 0.15) is 54.3 Å². The Morgan fingerprint density at radius 2 is 1.81 bits per heavy atom. The molecule has 2 amide bonds. The summed E-state index contributed by atoms with van der Waals surface area (Å²) in [7, 11) is 4.35. The fraction of sp³-hybridized carbons (Fsp3) is 0.481. The van der Waals surface area contributed by atoms with Gasteiger partial charge in [-0.05, 0) is 47.9 Å². The third-order valence-corrected chi connectivity index (χ3v) is 8.52. The standard InChI is InChI=1S/C27H36N4O9S2/c1-4-22(40-26(16-32)38-3)17-39-25(34)12-10-23(33)28-13-14-29-27(35)20-7-5-19(6-8-20)18(2)41-42-24-11-9-21(15-30-24)31(36)37/h5-9,11,15,18,22,26,32H,4,10,12-14,16-17H2,1-3H3,(H,28,33)(H,29,35). The van der Waals surface area contributed by atoms with Crippen LogP contribution in [0.25, 0.3) is 0 Å². The smallest absolute Gasteiger partial charge is 0.306 e. The quantitative estimate of drug-likeness (QED) is 0.0519. The molecule has 2 aromatic rings. The molecule has 1 heterocycles. The summed E-state index contributed by atoms with van der Waals surface area (Å²) in [5.74, 6) is -1.17. The molecule has 3 N–H and O–H groups in total. The van der Waals surface area contributed by atoms with Crippen LogP contribution in [-0.2, 0) is 23.8 Å². The van der Waals surface area contributed by atoms with Crippen molar-refractivity contribution in [3.05, 3.63) is 63.8 Å². The van der Waals surface area contributed by atoms with E-state index in [0.717, 1.165) is 5.56 Å². The van der Waals surface area contributed by atoms with Gasteiger partial charge in [0.2, 0.25) is 5.91 Å². The molecule has 13 nitrogen and oxygen atoms in total. The first kappa shape index (κ1) is 35.0. The van der Waals surface area contributed by atoms with Crippen molar-refractivity contribution < 1.29 is 38.6 Å². The SMILES string of the molecule is CCC(COC(=O)CCC(=O)NCCNC(=O)c1ccc(C(C)SSc2ccc([N+](=O)[O-])cn2)cc1)OC(CO)OC. The number of aromatic nitrogens is 1. The number of carbonyl (C=O) groups is 3. The average molecular weight is 625 g/mol. The Hall–Kier alpha value is -3.24. The summed E-state index contributed by atoms with van der Waals surface area (Å²) in [5, 5.41) is 26.0. The van der Waals surface area contributed by atoms with Gasteiger partial charge in [-0.15, -0.1) is 0 Å². The zero-order valence-corrected chi connectivity index (χ0v) is 25.3. The number of nitrogens with zero attached hydrogens (tertiary/aromatic N) is 2. The van der Waals surface area contributed by atoms with Crippen LogP contribution in [0, 0.1) is 10.1 Å². The second kappa shape index (κ2) is 19.0. The minimum Gasteiger partial charge on any atom is -0.463 e. The van der Waals surface area contributed by atoms with Gasteiger partial charge in [0.05, 0.1) is 24.1 Å². The first-order valence-electron chi connectivity index (χ1n) is 13.2. The van der Waals surface area contributed by atoms with Crippen LogP contribution in [0.5, 0.6) is 0 Å². The van der Waals surface area contributed by atoms with Gasteiger partial charge in [0.1, 0.15) is 17.8 Å². The molecule has 0 aliphatic heterocycles.